The first-order valence-electron chi connectivity index (χ1n) is 4.07. The van der Waals surface area contributed by atoms with Crippen molar-refractivity contribution >= 4 is 33.4 Å². The maximum absolute atomic E-state index is 11.3. The number of carbonyl (C=O) groups excluding carboxylic acids is 1. The maximum atomic E-state index is 11.3. The molecular weight excluding hydrogens is 268 g/mol. The third-order valence-corrected chi connectivity index (χ3v) is 2.46. The van der Waals surface area contributed by atoms with Crippen LogP contribution in [0.1, 0.15) is 25.8 Å². The van der Waals surface area contributed by atoms with E-state index in [9.17, 15) is 4.79 Å². The van der Waals surface area contributed by atoms with Gasteiger partial charge in [0, 0.05) is 0 Å². The molecule has 0 N–H and O–H groups in total. The molecule has 0 atom stereocenters. The van der Waals surface area contributed by atoms with Gasteiger partial charge in [0.2, 0.25) is 4.73 Å². The van der Waals surface area contributed by atoms with Crippen LogP contribution in [0.3, 0.4) is 0 Å². The van der Waals surface area contributed by atoms with E-state index in [1.54, 1.807) is 0 Å². The normalized spacial score (nSPS) is 11.4. The summed E-state index contributed by atoms with van der Waals surface area (Å²) >= 11 is 4.31. The van der Waals surface area contributed by atoms with Crippen molar-refractivity contribution < 1.29 is 9.53 Å². The number of carbonyl (C=O) groups is 1. The second-order valence-corrected chi connectivity index (χ2v) is 5.27. The van der Waals surface area contributed by atoms with Crippen LogP contribution >= 0.6 is 27.5 Å². The van der Waals surface area contributed by atoms with Crippen LogP contribution in [0.4, 0.5) is 0 Å². The first-order chi connectivity index (χ1) is 6.37. The highest BCUT2D eigenvalue weighted by molar-refractivity contribution is 9.10. The lowest BCUT2D eigenvalue weighted by atomic mass is 10.2. The molecule has 0 spiro atoms. The monoisotopic (exact) mass is 278 g/mol. The Balaban J connectivity index is 2.50. The largest absolute Gasteiger partial charge is 0.460 e. The van der Waals surface area contributed by atoms with E-state index in [1.165, 1.54) is 11.5 Å². The van der Waals surface area contributed by atoms with Crippen LogP contribution in [0.15, 0.2) is 4.73 Å². The molecule has 6 heteroatoms. The molecule has 14 heavy (non-hydrogen) atoms. The van der Waals surface area contributed by atoms with Crippen molar-refractivity contribution in [3.05, 3.63) is 9.74 Å². The van der Waals surface area contributed by atoms with Crippen molar-refractivity contribution in [1.82, 2.24) is 9.36 Å². The fourth-order valence-electron chi connectivity index (χ4n) is 0.807. The molecule has 1 rings (SSSR count). The van der Waals surface area contributed by atoms with Gasteiger partial charge < -0.3 is 4.74 Å². The fraction of sp³-hybridized carbons (Fsp3) is 0.625. The lowest BCUT2D eigenvalue weighted by molar-refractivity contribution is -0.153. The van der Waals surface area contributed by atoms with Gasteiger partial charge >= 0.3 is 5.97 Å². The van der Waals surface area contributed by atoms with E-state index < -0.39 is 5.60 Å². The summed E-state index contributed by atoms with van der Waals surface area (Å²) in [6.45, 7) is 5.50. The van der Waals surface area contributed by atoms with E-state index in [1.807, 2.05) is 20.8 Å². The zero-order chi connectivity index (χ0) is 10.8. The van der Waals surface area contributed by atoms with Crippen LogP contribution < -0.4 is 0 Å². The standard InChI is InChI=1S/C8H11BrN2O2S/c1-8(2,3)13-6(12)4-5-10-7(9)11-14-5/h4H2,1-3H3. The van der Waals surface area contributed by atoms with Crippen LogP contribution in [0, 0.1) is 0 Å². The van der Waals surface area contributed by atoms with E-state index in [2.05, 4.69) is 25.3 Å². The van der Waals surface area contributed by atoms with E-state index >= 15 is 0 Å². The number of hydrogen-bond acceptors (Lipinski definition) is 5. The minimum absolute atomic E-state index is 0.181. The summed E-state index contributed by atoms with van der Waals surface area (Å²) in [6.07, 6.45) is 0.181. The van der Waals surface area contributed by atoms with Crippen molar-refractivity contribution in [1.29, 1.82) is 0 Å². The molecule has 78 valence electrons. The molecule has 0 aliphatic carbocycles. The van der Waals surface area contributed by atoms with E-state index in [0.717, 1.165) is 0 Å². The number of ether oxygens (including phenoxy) is 1. The molecular formula is C8H11BrN2O2S. The third-order valence-electron chi connectivity index (χ3n) is 1.16. The molecule has 1 aromatic heterocycles. The predicted molar refractivity (Wildman–Crippen MR) is 57.2 cm³/mol. The second kappa shape index (κ2) is 4.35. The van der Waals surface area contributed by atoms with Gasteiger partial charge in [-0.3, -0.25) is 4.79 Å². The Kier molecular flexibility index (Phi) is 3.60. The van der Waals surface area contributed by atoms with Gasteiger partial charge in [-0.05, 0) is 48.2 Å². The molecule has 1 heterocycles. The van der Waals surface area contributed by atoms with Crippen molar-refractivity contribution in [2.75, 3.05) is 0 Å². The van der Waals surface area contributed by atoms with Gasteiger partial charge in [0.25, 0.3) is 0 Å². The zero-order valence-electron chi connectivity index (χ0n) is 8.20. The topological polar surface area (TPSA) is 52.1 Å². The number of halogens is 1. The van der Waals surface area contributed by atoms with E-state index in [4.69, 9.17) is 4.74 Å². The van der Waals surface area contributed by atoms with Gasteiger partial charge in [-0.1, -0.05) is 0 Å². The number of nitrogens with zero attached hydrogens (tertiary/aromatic N) is 2. The molecule has 1 aromatic rings. The van der Waals surface area contributed by atoms with Gasteiger partial charge in [0.15, 0.2) is 0 Å². The van der Waals surface area contributed by atoms with Crippen LogP contribution in [0.2, 0.25) is 0 Å². The molecule has 0 aromatic carbocycles. The Morgan fingerprint density at radius 3 is 2.64 bits per heavy atom. The molecule has 0 unspecified atom stereocenters. The maximum Gasteiger partial charge on any atom is 0.313 e. The van der Waals surface area contributed by atoms with Crippen molar-refractivity contribution in [2.24, 2.45) is 0 Å². The zero-order valence-corrected chi connectivity index (χ0v) is 10.6. The summed E-state index contributed by atoms with van der Waals surface area (Å²) in [5.74, 6) is -0.277. The quantitative estimate of drug-likeness (QED) is 0.779. The lowest BCUT2D eigenvalue weighted by Crippen LogP contribution is -2.24. The van der Waals surface area contributed by atoms with Crippen LogP contribution in [-0.2, 0) is 16.0 Å². The highest BCUT2D eigenvalue weighted by Gasteiger charge is 2.17. The molecule has 0 saturated heterocycles. The number of esters is 1. The molecule has 0 fully saturated rings. The summed E-state index contributed by atoms with van der Waals surface area (Å²) < 4.78 is 9.56. The molecule has 0 aliphatic rings. The summed E-state index contributed by atoms with van der Waals surface area (Å²) in [5, 5.41) is 0.658. The smallest absolute Gasteiger partial charge is 0.313 e. The minimum atomic E-state index is -0.445. The van der Waals surface area contributed by atoms with Crippen LogP contribution in [0.25, 0.3) is 0 Å². The molecule has 0 saturated carbocycles. The summed E-state index contributed by atoms with van der Waals surface area (Å²) in [4.78, 5) is 15.3. The van der Waals surface area contributed by atoms with Crippen molar-refractivity contribution in [2.45, 2.75) is 32.8 Å². The average Bonchev–Trinajstić information content (AvgIpc) is 2.30. The Morgan fingerprint density at radius 1 is 1.57 bits per heavy atom. The summed E-state index contributed by atoms with van der Waals surface area (Å²) in [6, 6.07) is 0. The van der Waals surface area contributed by atoms with Crippen LogP contribution in [0.5, 0.6) is 0 Å². The first-order valence-corrected chi connectivity index (χ1v) is 5.63. The first kappa shape index (κ1) is 11.6. The Hall–Kier alpha value is -0.490. The number of rotatable bonds is 2. The average molecular weight is 279 g/mol. The van der Waals surface area contributed by atoms with E-state index in [-0.39, 0.29) is 12.4 Å². The number of hydrogen-bond donors (Lipinski definition) is 0. The molecule has 0 aliphatic heterocycles. The molecule has 0 amide bonds. The van der Waals surface area contributed by atoms with Crippen molar-refractivity contribution in [3.63, 3.8) is 0 Å². The number of aromatic nitrogens is 2. The highest BCUT2D eigenvalue weighted by Crippen LogP contribution is 2.13. The SMILES string of the molecule is CC(C)(C)OC(=O)Cc1nc(Br)ns1. The molecule has 0 radical (unpaired) electrons. The lowest BCUT2D eigenvalue weighted by Gasteiger charge is -2.18. The minimum Gasteiger partial charge on any atom is -0.460 e. The van der Waals surface area contributed by atoms with E-state index in [0.29, 0.717) is 9.74 Å². The summed E-state index contributed by atoms with van der Waals surface area (Å²) in [7, 11) is 0. The second-order valence-electron chi connectivity index (χ2n) is 3.72. The predicted octanol–water partition coefficient (Wildman–Crippen LogP) is 2.18. The Morgan fingerprint density at radius 2 is 2.21 bits per heavy atom. The Bertz CT molecular complexity index is 332. The molecule has 0 bridgehead atoms. The summed E-state index contributed by atoms with van der Waals surface area (Å²) in [5.41, 5.74) is -0.445. The van der Waals surface area contributed by atoms with Crippen LogP contribution in [-0.4, -0.2) is 20.9 Å². The third kappa shape index (κ3) is 4.15. The highest BCUT2D eigenvalue weighted by atomic mass is 79.9. The Labute approximate surface area is 95.0 Å². The van der Waals surface area contributed by atoms with Gasteiger partial charge in [-0.15, -0.1) is 0 Å². The fourth-order valence-corrected chi connectivity index (χ4v) is 1.89. The van der Waals surface area contributed by atoms with Gasteiger partial charge in [-0.2, -0.15) is 4.37 Å². The molecule has 4 nitrogen and oxygen atoms in total. The van der Waals surface area contributed by atoms with Crippen molar-refractivity contribution in [3.8, 4) is 0 Å². The van der Waals surface area contributed by atoms with Gasteiger partial charge in [-0.25, -0.2) is 4.98 Å². The van der Waals surface area contributed by atoms with Gasteiger partial charge in [0.1, 0.15) is 10.6 Å². The van der Waals surface area contributed by atoms with Gasteiger partial charge in [0.05, 0.1) is 6.42 Å².